The molecule has 1 fully saturated rings. The molecule has 9 heteroatoms. The normalized spacial score (nSPS) is 15.0. The van der Waals surface area contributed by atoms with Gasteiger partial charge in [0.15, 0.2) is 0 Å². The van der Waals surface area contributed by atoms with Crippen molar-refractivity contribution in [2.45, 2.75) is 19.9 Å². The fourth-order valence-electron chi connectivity index (χ4n) is 3.82. The molecule has 0 bridgehead atoms. The molecule has 3 rings (SSSR count). The predicted octanol–water partition coefficient (Wildman–Crippen LogP) is 2.37. The van der Waals surface area contributed by atoms with Gasteiger partial charge in [-0.2, -0.15) is 0 Å². The molecule has 0 spiro atoms. The lowest BCUT2D eigenvalue weighted by Gasteiger charge is -2.37. The van der Waals surface area contributed by atoms with Crippen LogP contribution in [-0.2, 0) is 9.59 Å². The number of methoxy groups -OCH3 is 1. The zero-order valence-electron chi connectivity index (χ0n) is 19.7. The number of rotatable bonds is 8. The molecule has 8 nitrogen and oxygen atoms in total. The van der Waals surface area contributed by atoms with Gasteiger partial charge >= 0.3 is 0 Å². The van der Waals surface area contributed by atoms with E-state index in [1.165, 1.54) is 31.4 Å². The van der Waals surface area contributed by atoms with Crippen LogP contribution in [0.25, 0.3) is 0 Å². The third-order valence-electron chi connectivity index (χ3n) is 5.75. The topological polar surface area (TPSA) is 91.0 Å². The van der Waals surface area contributed by atoms with E-state index in [1.54, 1.807) is 29.2 Å². The van der Waals surface area contributed by atoms with Crippen molar-refractivity contribution in [3.05, 3.63) is 59.9 Å². The summed E-state index contributed by atoms with van der Waals surface area (Å²) in [4.78, 5) is 42.0. The van der Waals surface area contributed by atoms with Gasteiger partial charge in [-0.1, -0.05) is 26.0 Å². The van der Waals surface area contributed by atoms with Crippen LogP contribution >= 0.6 is 0 Å². The first kappa shape index (κ1) is 25.2. The molecule has 0 radical (unpaired) electrons. The summed E-state index contributed by atoms with van der Waals surface area (Å²) in [6.45, 7) is 5.94. The summed E-state index contributed by atoms with van der Waals surface area (Å²) >= 11 is 0. The Morgan fingerprint density at radius 2 is 1.65 bits per heavy atom. The van der Waals surface area contributed by atoms with Gasteiger partial charge in [0.25, 0.3) is 5.91 Å². The van der Waals surface area contributed by atoms with E-state index in [2.05, 4.69) is 10.6 Å². The van der Waals surface area contributed by atoms with Crippen LogP contribution in [0.4, 0.5) is 10.1 Å². The van der Waals surface area contributed by atoms with Crippen molar-refractivity contribution in [2.24, 2.45) is 5.92 Å². The number of piperazine rings is 1. The standard InChI is InChI=1S/C25H31FN4O4/c1-17(2)23(28-24(32)20-6-4-5-7-21(20)34-3)25(33)30-14-12-29(13-15-30)16-22(31)27-19-10-8-18(26)9-11-19/h4-11,17,23H,12-16H2,1-3H3,(H,27,31)(H,28,32)/t23-/m0/s1. The van der Waals surface area contributed by atoms with Gasteiger partial charge in [0, 0.05) is 31.9 Å². The molecule has 3 amide bonds. The molecular weight excluding hydrogens is 439 g/mol. The van der Waals surface area contributed by atoms with Crippen molar-refractivity contribution in [1.29, 1.82) is 0 Å². The maximum atomic E-state index is 13.2. The van der Waals surface area contributed by atoms with E-state index in [0.717, 1.165) is 0 Å². The van der Waals surface area contributed by atoms with Gasteiger partial charge < -0.3 is 20.3 Å². The quantitative estimate of drug-likeness (QED) is 0.618. The van der Waals surface area contributed by atoms with Crippen LogP contribution in [0.5, 0.6) is 5.75 Å². The number of carbonyl (C=O) groups excluding carboxylic acids is 3. The second-order valence-electron chi connectivity index (χ2n) is 8.55. The third kappa shape index (κ3) is 6.54. The van der Waals surface area contributed by atoms with Crippen molar-refractivity contribution in [3.63, 3.8) is 0 Å². The van der Waals surface area contributed by atoms with E-state index in [-0.39, 0.29) is 36.0 Å². The van der Waals surface area contributed by atoms with Crippen molar-refractivity contribution >= 4 is 23.4 Å². The lowest BCUT2D eigenvalue weighted by Crippen LogP contribution is -2.57. The molecule has 1 aliphatic rings. The molecule has 2 N–H and O–H groups in total. The molecule has 0 aromatic heterocycles. The summed E-state index contributed by atoms with van der Waals surface area (Å²) < 4.78 is 18.3. The minimum absolute atomic E-state index is 0.106. The highest BCUT2D eigenvalue weighted by molar-refractivity contribution is 5.99. The van der Waals surface area contributed by atoms with E-state index in [4.69, 9.17) is 4.74 Å². The lowest BCUT2D eigenvalue weighted by molar-refractivity contribution is -0.136. The van der Waals surface area contributed by atoms with Gasteiger partial charge in [0.1, 0.15) is 17.6 Å². The summed E-state index contributed by atoms with van der Waals surface area (Å²) in [5, 5.41) is 5.61. The van der Waals surface area contributed by atoms with E-state index in [1.807, 2.05) is 18.7 Å². The number of anilines is 1. The molecule has 2 aromatic rings. The molecule has 1 heterocycles. The van der Waals surface area contributed by atoms with Gasteiger partial charge in [0.05, 0.1) is 19.2 Å². The smallest absolute Gasteiger partial charge is 0.255 e. The van der Waals surface area contributed by atoms with Crippen molar-refractivity contribution in [2.75, 3.05) is 45.2 Å². The van der Waals surface area contributed by atoms with Crippen molar-refractivity contribution in [3.8, 4) is 5.75 Å². The minimum Gasteiger partial charge on any atom is -0.496 e. The second-order valence-corrected chi connectivity index (χ2v) is 8.55. The maximum Gasteiger partial charge on any atom is 0.255 e. The molecule has 2 aromatic carbocycles. The molecule has 0 aliphatic carbocycles. The van der Waals surface area contributed by atoms with Gasteiger partial charge in [-0.25, -0.2) is 4.39 Å². The Kier molecular flexibility index (Phi) is 8.59. The molecule has 1 saturated heterocycles. The fourth-order valence-corrected chi connectivity index (χ4v) is 3.82. The minimum atomic E-state index is -0.675. The van der Waals surface area contributed by atoms with Crippen molar-refractivity contribution in [1.82, 2.24) is 15.1 Å². The van der Waals surface area contributed by atoms with Gasteiger partial charge in [-0.05, 0) is 42.3 Å². The average Bonchev–Trinajstić information content (AvgIpc) is 2.83. The van der Waals surface area contributed by atoms with Crippen LogP contribution < -0.4 is 15.4 Å². The van der Waals surface area contributed by atoms with Gasteiger partial charge in [-0.3, -0.25) is 19.3 Å². The molecule has 34 heavy (non-hydrogen) atoms. The number of halogens is 1. The Morgan fingerprint density at radius 1 is 1.00 bits per heavy atom. The SMILES string of the molecule is COc1ccccc1C(=O)N[C@H](C(=O)N1CCN(CC(=O)Nc2ccc(F)cc2)CC1)C(C)C. The third-order valence-corrected chi connectivity index (χ3v) is 5.75. The summed E-state index contributed by atoms with van der Waals surface area (Å²) in [5.74, 6) is -0.726. The number of carbonyl (C=O) groups is 3. The number of hydrogen-bond donors (Lipinski definition) is 2. The van der Waals surface area contributed by atoms with E-state index in [9.17, 15) is 18.8 Å². The number of hydrogen-bond acceptors (Lipinski definition) is 5. The monoisotopic (exact) mass is 470 g/mol. The number of para-hydroxylation sites is 1. The number of ether oxygens (including phenoxy) is 1. The summed E-state index contributed by atoms with van der Waals surface area (Å²) in [6, 6.07) is 11.8. The van der Waals surface area contributed by atoms with Crippen LogP contribution in [0.2, 0.25) is 0 Å². The van der Waals surface area contributed by atoms with Gasteiger partial charge in [-0.15, -0.1) is 0 Å². The Bertz CT molecular complexity index is 1000. The molecule has 1 aliphatic heterocycles. The predicted molar refractivity (Wildman–Crippen MR) is 127 cm³/mol. The first-order valence-corrected chi connectivity index (χ1v) is 11.3. The Balaban J connectivity index is 1.53. The van der Waals surface area contributed by atoms with E-state index >= 15 is 0 Å². The highest BCUT2D eigenvalue weighted by Crippen LogP contribution is 2.18. The van der Waals surface area contributed by atoms with Gasteiger partial charge in [0.2, 0.25) is 11.8 Å². The van der Waals surface area contributed by atoms with Crippen LogP contribution in [0.3, 0.4) is 0 Å². The van der Waals surface area contributed by atoms with Crippen LogP contribution in [0.1, 0.15) is 24.2 Å². The van der Waals surface area contributed by atoms with Crippen molar-refractivity contribution < 1.29 is 23.5 Å². The van der Waals surface area contributed by atoms with Crippen LogP contribution in [0, 0.1) is 11.7 Å². The first-order valence-electron chi connectivity index (χ1n) is 11.3. The zero-order chi connectivity index (χ0) is 24.7. The number of amides is 3. The zero-order valence-corrected chi connectivity index (χ0v) is 19.7. The van der Waals surface area contributed by atoms with E-state index < -0.39 is 6.04 Å². The molecule has 0 saturated carbocycles. The van der Waals surface area contributed by atoms with Crippen LogP contribution in [-0.4, -0.2) is 73.4 Å². The second kappa shape index (κ2) is 11.6. The maximum absolute atomic E-state index is 13.2. The van der Waals surface area contributed by atoms with E-state index in [0.29, 0.717) is 43.2 Å². The molecule has 1 atom stereocenters. The summed E-state index contributed by atoms with van der Waals surface area (Å²) in [7, 11) is 1.50. The average molecular weight is 471 g/mol. The highest BCUT2D eigenvalue weighted by atomic mass is 19.1. The number of nitrogens with zero attached hydrogens (tertiary/aromatic N) is 2. The highest BCUT2D eigenvalue weighted by Gasteiger charge is 2.31. The first-order chi connectivity index (χ1) is 16.3. The largest absolute Gasteiger partial charge is 0.496 e. The fraction of sp³-hybridized carbons (Fsp3) is 0.400. The Hall–Kier alpha value is -3.46. The molecular formula is C25H31FN4O4. The summed E-state index contributed by atoms with van der Waals surface area (Å²) in [6.07, 6.45) is 0. The number of benzene rings is 2. The van der Waals surface area contributed by atoms with Crippen LogP contribution in [0.15, 0.2) is 48.5 Å². The Labute approximate surface area is 199 Å². The lowest BCUT2D eigenvalue weighted by atomic mass is 10.0. The molecule has 0 unspecified atom stereocenters. The number of nitrogens with one attached hydrogen (secondary N) is 2. The Morgan fingerprint density at radius 3 is 2.26 bits per heavy atom. The summed E-state index contributed by atoms with van der Waals surface area (Å²) in [5.41, 5.74) is 0.909. The molecule has 182 valence electrons.